The molecule has 1 aromatic heterocycles. The lowest BCUT2D eigenvalue weighted by Gasteiger charge is -2.22. The molecule has 6 heteroatoms. The summed E-state index contributed by atoms with van der Waals surface area (Å²) in [5, 5.41) is 0.643. The van der Waals surface area contributed by atoms with Gasteiger partial charge >= 0.3 is 0 Å². The van der Waals surface area contributed by atoms with Gasteiger partial charge in [0.05, 0.1) is 10.2 Å². The highest BCUT2D eigenvalue weighted by molar-refractivity contribution is 7.22. The first-order valence-electron chi connectivity index (χ1n) is 8.59. The number of thiazole rings is 1. The number of fused-ring (bicyclic) bond motifs is 1. The predicted octanol–water partition coefficient (Wildman–Crippen LogP) is 4.21. The van der Waals surface area contributed by atoms with Gasteiger partial charge in [-0.15, -0.1) is 0 Å². The van der Waals surface area contributed by atoms with E-state index in [1.807, 2.05) is 25.1 Å². The van der Waals surface area contributed by atoms with E-state index in [2.05, 4.69) is 24.0 Å². The highest BCUT2D eigenvalue weighted by Crippen LogP contribution is 2.30. The van der Waals surface area contributed by atoms with Crippen LogP contribution in [-0.2, 0) is 6.42 Å². The van der Waals surface area contributed by atoms with Crippen LogP contribution in [0.5, 0.6) is 0 Å². The molecule has 0 fully saturated rings. The van der Waals surface area contributed by atoms with Gasteiger partial charge < -0.3 is 4.90 Å². The van der Waals surface area contributed by atoms with E-state index < -0.39 is 5.82 Å². The zero-order valence-electron chi connectivity index (χ0n) is 15.2. The molecule has 1 amide bonds. The minimum atomic E-state index is -0.416. The van der Waals surface area contributed by atoms with Gasteiger partial charge in [0.25, 0.3) is 5.91 Å². The molecule has 0 radical (unpaired) electrons. The zero-order chi connectivity index (χ0) is 18.7. The number of rotatable bonds is 6. The van der Waals surface area contributed by atoms with E-state index in [1.54, 1.807) is 17.0 Å². The molecule has 3 aromatic rings. The summed E-state index contributed by atoms with van der Waals surface area (Å²) in [5.74, 6) is -0.651. The van der Waals surface area contributed by atoms with E-state index in [9.17, 15) is 9.18 Å². The Hall–Kier alpha value is -2.31. The summed E-state index contributed by atoms with van der Waals surface area (Å²) in [7, 11) is 3.91. The van der Waals surface area contributed by atoms with Gasteiger partial charge in [-0.25, -0.2) is 9.37 Å². The van der Waals surface area contributed by atoms with Crippen molar-refractivity contribution < 1.29 is 9.18 Å². The van der Waals surface area contributed by atoms with Crippen molar-refractivity contribution in [1.82, 2.24) is 9.88 Å². The van der Waals surface area contributed by atoms with E-state index in [4.69, 9.17) is 0 Å². The number of aromatic nitrogens is 1. The lowest BCUT2D eigenvalue weighted by molar-refractivity contribution is 0.0985. The van der Waals surface area contributed by atoms with Gasteiger partial charge in [0.2, 0.25) is 0 Å². The Morgan fingerprint density at radius 1 is 1.15 bits per heavy atom. The third-order valence-corrected chi connectivity index (χ3v) is 5.21. The molecule has 0 bridgehead atoms. The van der Waals surface area contributed by atoms with Gasteiger partial charge in [0.15, 0.2) is 5.13 Å². The number of carbonyl (C=O) groups excluding carboxylic acids is 1. The molecule has 0 aliphatic heterocycles. The van der Waals surface area contributed by atoms with Crippen LogP contribution >= 0.6 is 11.3 Å². The summed E-state index contributed by atoms with van der Waals surface area (Å²) < 4.78 is 14.6. The van der Waals surface area contributed by atoms with Crippen LogP contribution in [0, 0.1) is 5.82 Å². The number of hydrogen-bond donors (Lipinski definition) is 0. The fourth-order valence-electron chi connectivity index (χ4n) is 2.65. The molecule has 2 aromatic carbocycles. The van der Waals surface area contributed by atoms with E-state index in [-0.39, 0.29) is 5.91 Å². The summed E-state index contributed by atoms with van der Waals surface area (Å²) in [6.45, 7) is 3.29. The van der Waals surface area contributed by atoms with Crippen molar-refractivity contribution in [3.05, 3.63) is 59.4 Å². The molecule has 0 aliphatic carbocycles. The topological polar surface area (TPSA) is 36.4 Å². The molecule has 0 unspecified atom stereocenters. The SMILES string of the molecule is CCc1ccc2nc(N(CCN(C)C)C(=O)c3cccc(F)c3)sc2c1. The number of benzene rings is 2. The van der Waals surface area contributed by atoms with Gasteiger partial charge in [-0.1, -0.05) is 30.4 Å². The van der Waals surface area contributed by atoms with Crippen molar-refractivity contribution >= 4 is 32.6 Å². The smallest absolute Gasteiger partial charge is 0.260 e. The van der Waals surface area contributed by atoms with Crippen molar-refractivity contribution in [2.45, 2.75) is 13.3 Å². The quantitative estimate of drug-likeness (QED) is 0.651. The first-order valence-corrected chi connectivity index (χ1v) is 9.41. The van der Waals surface area contributed by atoms with Crippen LogP contribution in [0.15, 0.2) is 42.5 Å². The molecule has 0 atom stereocenters. The second-order valence-electron chi connectivity index (χ2n) is 6.42. The van der Waals surface area contributed by atoms with Crippen LogP contribution in [-0.4, -0.2) is 43.0 Å². The van der Waals surface area contributed by atoms with E-state index in [0.29, 0.717) is 23.8 Å². The monoisotopic (exact) mass is 371 g/mol. The minimum Gasteiger partial charge on any atom is -0.308 e. The third kappa shape index (κ3) is 4.08. The first kappa shape index (κ1) is 18.5. The summed E-state index contributed by atoms with van der Waals surface area (Å²) in [6.07, 6.45) is 0.954. The van der Waals surface area contributed by atoms with Crippen LogP contribution in [0.3, 0.4) is 0 Å². The third-order valence-electron chi connectivity index (χ3n) is 4.17. The number of hydrogen-bond acceptors (Lipinski definition) is 4. The molecule has 0 saturated carbocycles. The second kappa shape index (κ2) is 7.93. The van der Waals surface area contributed by atoms with E-state index in [1.165, 1.54) is 29.0 Å². The molecule has 0 spiro atoms. The van der Waals surface area contributed by atoms with Crippen molar-refractivity contribution in [2.24, 2.45) is 0 Å². The molecule has 3 rings (SSSR count). The van der Waals surface area contributed by atoms with Crippen LogP contribution in [0.1, 0.15) is 22.8 Å². The fourth-order valence-corrected chi connectivity index (χ4v) is 3.71. The minimum absolute atomic E-state index is 0.235. The summed E-state index contributed by atoms with van der Waals surface area (Å²) in [6, 6.07) is 12.0. The van der Waals surface area contributed by atoms with Crippen LogP contribution in [0.2, 0.25) is 0 Å². The van der Waals surface area contributed by atoms with Gasteiger partial charge in [0.1, 0.15) is 5.82 Å². The maximum Gasteiger partial charge on any atom is 0.260 e. The Kier molecular flexibility index (Phi) is 5.64. The standard InChI is InChI=1S/C20H22FN3OS/c1-4-14-8-9-17-18(12-14)26-20(22-17)24(11-10-23(2)3)19(25)15-6-5-7-16(21)13-15/h5-9,12-13H,4,10-11H2,1-3H3. The molecular weight excluding hydrogens is 349 g/mol. The molecule has 4 nitrogen and oxygen atoms in total. The average molecular weight is 371 g/mol. The number of anilines is 1. The molecular formula is C20H22FN3OS. The van der Waals surface area contributed by atoms with Crippen molar-refractivity contribution in [3.63, 3.8) is 0 Å². The number of nitrogens with zero attached hydrogens (tertiary/aromatic N) is 3. The Balaban J connectivity index is 1.98. The summed E-state index contributed by atoms with van der Waals surface area (Å²) in [4.78, 5) is 21.3. The van der Waals surface area contributed by atoms with E-state index >= 15 is 0 Å². The number of amides is 1. The summed E-state index contributed by atoms with van der Waals surface area (Å²) in [5.41, 5.74) is 2.45. The van der Waals surface area contributed by atoms with Gasteiger partial charge in [-0.05, 0) is 56.4 Å². The molecule has 0 aliphatic rings. The highest BCUT2D eigenvalue weighted by atomic mass is 32.1. The van der Waals surface area contributed by atoms with Gasteiger partial charge in [-0.3, -0.25) is 9.69 Å². The van der Waals surface area contributed by atoms with Gasteiger partial charge in [-0.2, -0.15) is 0 Å². The Morgan fingerprint density at radius 2 is 1.96 bits per heavy atom. The highest BCUT2D eigenvalue weighted by Gasteiger charge is 2.21. The van der Waals surface area contributed by atoms with Crippen molar-refractivity contribution in [1.29, 1.82) is 0 Å². The molecule has 1 heterocycles. The maximum absolute atomic E-state index is 13.6. The van der Waals surface area contributed by atoms with Gasteiger partial charge in [0, 0.05) is 18.7 Å². The average Bonchev–Trinajstić information content (AvgIpc) is 3.04. The number of likely N-dealkylation sites (N-methyl/N-ethyl adjacent to an activating group) is 1. The zero-order valence-corrected chi connectivity index (χ0v) is 16.0. The van der Waals surface area contributed by atoms with Crippen molar-refractivity contribution in [2.75, 3.05) is 32.1 Å². The number of carbonyl (C=O) groups is 1. The Labute approximate surface area is 156 Å². The second-order valence-corrected chi connectivity index (χ2v) is 7.43. The molecule has 26 heavy (non-hydrogen) atoms. The lowest BCUT2D eigenvalue weighted by Crippen LogP contribution is -2.36. The van der Waals surface area contributed by atoms with Crippen LogP contribution in [0.25, 0.3) is 10.2 Å². The fraction of sp³-hybridized carbons (Fsp3) is 0.300. The molecule has 0 saturated heterocycles. The molecule has 0 N–H and O–H groups in total. The Bertz CT molecular complexity index is 922. The normalized spacial score (nSPS) is 11.3. The number of halogens is 1. The largest absolute Gasteiger partial charge is 0.308 e. The van der Waals surface area contributed by atoms with Crippen LogP contribution in [0.4, 0.5) is 9.52 Å². The predicted molar refractivity (Wildman–Crippen MR) is 106 cm³/mol. The maximum atomic E-state index is 13.6. The molecule has 136 valence electrons. The Morgan fingerprint density at radius 3 is 2.65 bits per heavy atom. The summed E-state index contributed by atoms with van der Waals surface area (Å²) >= 11 is 1.50. The van der Waals surface area contributed by atoms with Crippen LogP contribution < -0.4 is 4.90 Å². The number of aryl methyl sites for hydroxylation is 1. The van der Waals surface area contributed by atoms with E-state index in [0.717, 1.165) is 16.6 Å². The lowest BCUT2D eigenvalue weighted by atomic mass is 10.2. The first-order chi connectivity index (χ1) is 12.5. The van der Waals surface area contributed by atoms with Crippen molar-refractivity contribution in [3.8, 4) is 0 Å².